The molecule has 0 atom stereocenters. The fraction of sp³-hybridized carbons (Fsp3) is 0.720. The summed E-state index contributed by atoms with van der Waals surface area (Å²) >= 11 is 0. The Morgan fingerprint density at radius 2 is 0.697 bits per heavy atom. The van der Waals surface area contributed by atoms with E-state index in [1.807, 2.05) is 0 Å². The first kappa shape index (κ1) is 50.6. The van der Waals surface area contributed by atoms with Gasteiger partial charge in [-0.15, -0.1) is 26.2 Å². The Bertz CT molecular complexity index is 247. The molecule has 0 saturated carbocycles. The van der Waals surface area contributed by atoms with Gasteiger partial charge in [-0.2, -0.15) is 0 Å². The summed E-state index contributed by atoms with van der Waals surface area (Å²) in [6.45, 7) is 20.8. The van der Waals surface area contributed by atoms with E-state index in [1.165, 1.54) is 24.9 Å². The Kier molecular flexibility index (Phi) is 53.6. The summed E-state index contributed by atoms with van der Waals surface area (Å²) in [5, 5.41) is 17.3. The van der Waals surface area contributed by atoms with E-state index in [0.717, 1.165) is 78.5 Å². The number of piperazine rings is 4. The topological polar surface area (TPSA) is 62.9 Å². The molecule has 8 heteroatoms. The number of nitrogens with zero attached hydrogens (tertiary/aromatic N) is 6. The smallest absolute Gasteiger partial charge is 0 e. The number of hydrogen-bond donors (Lipinski definition) is 0. The maximum atomic E-state index is 4.32. The van der Waals surface area contributed by atoms with Gasteiger partial charge in [-0.25, -0.2) is 0 Å². The molecule has 0 aromatic heterocycles. The van der Waals surface area contributed by atoms with Crippen LogP contribution < -0.4 is 0 Å². The minimum Gasteiger partial charge on any atom is -0.686 e. The molecule has 217 valence electrons. The summed E-state index contributed by atoms with van der Waals surface area (Å²) in [6.07, 6.45) is 2.50. The normalized spacial score (nSPS) is 19.3. The predicted octanol–water partition coefficient (Wildman–Crippen LogP) is 6.27. The van der Waals surface area contributed by atoms with Crippen molar-refractivity contribution in [1.29, 1.82) is 0 Å². The zero-order chi connectivity index (χ0) is 19.0. The predicted molar refractivity (Wildman–Crippen MR) is 146 cm³/mol. The van der Waals surface area contributed by atoms with Gasteiger partial charge in [0.2, 0.25) is 0 Å². The quantitative estimate of drug-likeness (QED) is 0.258. The summed E-state index contributed by atoms with van der Waals surface area (Å²) in [4.78, 5) is 4.86. The summed E-state index contributed by atoms with van der Waals surface area (Å²) in [7, 11) is 0. The molecule has 4 heterocycles. The van der Waals surface area contributed by atoms with Gasteiger partial charge < -0.3 is 68.2 Å². The molecule has 1 radical (unpaired) electrons. The minimum atomic E-state index is 0. The fourth-order valence-electron chi connectivity index (χ4n) is 2.95. The second-order valence-corrected chi connectivity index (χ2v) is 6.94. The SMILES string of the molecule is C1CN2CC[N-]C[C-]2C[N-]1.C1CN2CC[N-]C[C-]2C[N-]1.CCC.CCC.[CH3-].[CH3-].[CH3-].[CH3-].[CH3-].[Cu].[Ni]. The van der Waals surface area contributed by atoms with E-state index in [4.69, 9.17) is 0 Å². The van der Waals surface area contributed by atoms with E-state index in [2.05, 4.69) is 58.8 Å². The fourth-order valence-corrected chi connectivity index (χ4v) is 2.95. The maximum Gasteiger partial charge on any atom is 0 e. The van der Waals surface area contributed by atoms with Crippen molar-refractivity contribution in [2.75, 3.05) is 78.5 Å². The molecule has 4 fully saturated rings. The van der Waals surface area contributed by atoms with Crippen LogP contribution in [-0.2, 0) is 33.6 Å². The van der Waals surface area contributed by atoms with Crippen molar-refractivity contribution in [3.05, 3.63) is 70.5 Å². The van der Waals surface area contributed by atoms with Crippen molar-refractivity contribution < 1.29 is 33.6 Å². The second-order valence-electron chi connectivity index (χ2n) is 6.94. The second kappa shape index (κ2) is 34.9. The van der Waals surface area contributed by atoms with Crippen molar-refractivity contribution in [3.8, 4) is 0 Å². The van der Waals surface area contributed by atoms with Crippen molar-refractivity contribution in [2.45, 2.75) is 40.5 Å². The zero-order valence-corrected chi connectivity index (χ0v) is 25.1. The molecule has 4 rings (SSSR count). The average molecular weight is 562 g/mol. The van der Waals surface area contributed by atoms with Crippen molar-refractivity contribution >= 4 is 0 Å². The minimum absolute atomic E-state index is 0. The molecular formula is C25H55CuN6Ni-11. The van der Waals surface area contributed by atoms with Crippen LogP contribution in [-0.4, -0.2) is 88.3 Å². The molecule has 33 heavy (non-hydrogen) atoms. The van der Waals surface area contributed by atoms with Crippen LogP contribution in [0.2, 0.25) is 0 Å². The van der Waals surface area contributed by atoms with E-state index in [-0.39, 0.29) is 70.7 Å². The Hall–Kier alpha value is 0.773. The average Bonchev–Trinajstić information content (AvgIpc) is 2.70. The molecule has 0 spiro atoms. The molecule has 4 aliphatic heterocycles. The first-order valence-electron chi connectivity index (χ1n) is 10.5. The Morgan fingerprint density at radius 1 is 0.515 bits per heavy atom. The number of fused-ring (bicyclic) bond motifs is 2. The van der Waals surface area contributed by atoms with Gasteiger partial charge in [0.1, 0.15) is 0 Å². The molecular weight excluding hydrogens is 507 g/mol. The first-order chi connectivity index (χ1) is 12.8. The van der Waals surface area contributed by atoms with Crippen LogP contribution in [0.4, 0.5) is 0 Å². The van der Waals surface area contributed by atoms with Gasteiger partial charge in [0.15, 0.2) is 0 Å². The molecule has 4 saturated heterocycles. The Balaban J connectivity index is -0.0000000567. The molecule has 0 aromatic carbocycles. The van der Waals surface area contributed by atoms with Crippen LogP contribution in [0.1, 0.15) is 40.5 Å². The van der Waals surface area contributed by atoms with Gasteiger partial charge in [-0.3, -0.25) is 38.3 Å². The van der Waals surface area contributed by atoms with Crippen molar-refractivity contribution in [1.82, 2.24) is 9.80 Å². The van der Waals surface area contributed by atoms with Gasteiger partial charge in [-0.05, 0) is 26.2 Å². The van der Waals surface area contributed by atoms with E-state index >= 15 is 0 Å². The molecule has 0 unspecified atom stereocenters. The third-order valence-electron chi connectivity index (χ3n) is 4.18. The van der Waals surface area contributed by atoms with Crippen LogP contribution in [0.5, 0.6) is 0 Å². The molecule has 6 nitrogen and oxygen atoms in total. The monoisotopic (exact) mass is 560 g/mol. The zero-order valence-electron chi connectivity index (χ0n) is 23.2. The Labute approximate surface area is 232 Å². The maximum absolute atomic E-state index is 4.32. The van der Waals surface area contributed by atoms with Crippen molar-refractivity contribution in [3.63, 3.8) is 0 Å². The summed E-state index contributed by atoms with van der Waals surface area (Å²) in [5.74, 6) is 0. The van der Waals surface area contributed by atoms with Crippen LogP contribution >= 0.6 is 0 Å². The molecule has 0 aliphatic carbocycles. The summed E-state index contributed by atoms with van der Waals surface area (Å²) in [5.41, 5.74) is 0. The summed E-state index contributed by atoms with van der Waals surface area (Å²) < 4.78 is 0. The number of rotatable bonds is 0. The molecule has 0 aromatic rings. The van der Waals surface area contributed by atoms with E-state index in [1.54, 1.807) is 0 Å². The third-order valence-corrected chi connectivity index (χ3v) is 4.18. The molecule has 4 aliphatic rings. The largest absolute Gasteiger partial charge is 0.686 e. The summed E-state index contributed by atoms with van der Waals surface area (Å²) in [6, 6.07) is 2.86. The number of hydrogen-bond acceptors (Lipinski definition) is 2. The van der Waals surface area contributed by atoms with E-state index in [9.17, 15) is 0 Å². The van der Waals surface area contributed by atoms with Crippen molar-refractivity contribution in [2.24, 2.45) is 0 Å². The van der Waals surface area contributed by atoms with Gasteiger partial charge in [0, 0.05) is 33.6 Å². The van der Waals surface area contributed by atoms with Gasteiger partial charge >= 0.3 is 0 Å². The molecule has 0 bridgehead atoms. The first-order valence-corrected chi connectivity index (χ1v) is 10.5. The molecule has 0 N–H and O–H groups in total. The van der Waals surface area contributed by atoms with E-state index < -0.39 is 0 Å². The molecule has 0 amide bonds. The van der Waals surface area contributed by atoms with Gasteiger partial charge in [-0.1, -0.05) is 40.5 Å². The van der Waals surface area contributed by atoms with Crippen LogP contribution in [0, 0.1) is 49.2 Å². The van der Waals surface area contributed by atoms with Gasteiger partial charge in [0.25, 0.3) is 0 Å². The standard InChI is InChI=1S/2C7H12N3.2C3H8.5CH3.Cu.Ni/c2*1-3-10-4-2-9-6-7(10)5-8-1;2*1-3-2;;;;;;;/h2*1-6H2;2*3H2,1-2H3;5*1H3;;/q2*-3;;;5*-1;;. The van der Waals surface area contributed by atoms with Crippen LogP contribution in [0.3, 0.4) is 0 Å². The van der Waals surface area contributed by atoms with E-state index in [0.29, 0.717) is 0 Å². The van der Waals surface area contributed by atoms with Gasteiger partial charge in [0.05, 0.1) is 0 Å². The van der Waals surface area contributed by atoms with Crippen LogP contribution in [0.15, 0.2) is 0 Å². The third kappa shape index (κ3) is 23.0. The van der Waals surface area contributed by atoms with Crippen LogP contribution in [0.25, 0.3) is 21.3 Å². The Morgan fingerprint density at radius 3 is 0.848 bits per heavy atom.